The van der Waals surface area contributed by atoms with Crippen molar-refractivity contribution in [1.29, 1.82) is 0 Å². The molecule has 0 saturated carbocycles. The molecule has 1 nitrogen and oxygen atoms in total. The lowest BCUT2D eigenvalue weighted by Gasteiger charge is -2.18. The van der Waals surface area contributed by atoms with E-state index in [2.05, 4.69) is 82.3 Å². The first-order valence-corrected chi connectivity index (χ1v) is 9.27. The second kappa shape index (κ2) is 6.15. The van der Waals surface area contributed by atoms with Crippen molar-refractivity contribution < 1.29 is 0 Å². The molecule has 1 heteroatoms. The van der Waals surface area contributed by atoms with E-state index in [0.717, 1.165) is 12.1 Å². The van der Waals surface area contributed by atoms with E-state index in [1.165, 1.54) is 38.7 Å². The van der Waals surface area contributed by atoms with Crippen LogP contribution in [-0.2, 0) is 6.42 Å². The van der Waals surface area contributed by atoms with E-state index in [-0.39, 0.29) is 0 Å². The van der Waals surface area contributed by atoms with E-state index in [9.17, 15) is 0 Å². The van der Waals surface area contributed by atoms with Crippen LogP contribution >= 0.6 is 0 Å². The first-order chi connectivity index (χ1) is 12.1. The number of hydrogen-bond acceptors (Lipinski definition) is 1. The maximum Gasteiger partial charge on any atom is 0.0670 e. The van der Waals surface area contributed by atoms with Gasteiger partial charge in [0.1, 0.15) is 0 Å². The zero-order valence-corrected chi connectivity index (χ0v) is 15.5. The fourth-order valence-corrected chi connectivity index (χ4v) is 4.13. The van der Waals surface area contributed by atoms with Gasteiger partial charge in [0.05, 0.1) is 11.4 Å². The number of benzene rings is 3. The maximum atomic E-state index is 5.18. The third-order valence-electron chi connectivity index (χ3n) is 5.23. The molecule has 1 aliphatic carbocycles. The van der Waals surface area contributed by atoms with Gasteiger partial charge >= 0.3 is 0 Å². The maximum absolute atomic E-state index is 5.18. The summed E-state index contributed by atoms with van der Waals surface area (Å²) < 4.78 is 0. The van der Waals surface area contributed by atoms with Crippen LogP contribution in [0.3, 0.4) is 0 Å². The number of rotatable bonds is 3. The Morgan fingerprint density at radius 1 is 0.800 bits per heavy atom. The number of hydrogen-bond donors (Lipinski definition) is 0. The second-order valence-corrected chi connectivity index (χ2v) is 7.65. The van der Waals surface area contributed by atoms with Crippen LogP contribution in [0.2, 0.25) is 0 Å². The SMILES string of the molecule is CC(C)c1cccc(N=C2Cc3cccc4cccc2c34)c1C(C)C. The Balaban J connectivity index is 1.90. The predicted molar refractivity (Wildman–Crippen MR) is 108 cm³/mol. The molecule has 25 heavy (non-hydrogen) atoms. The first-order valence-electron chi connectivity index (χ1n) is 9.27. The molecule has 0 atom stereocenters. The largest absolute Gasteiger partial charge is 0.252 e. The van der Waals surface area contributed by atoms with Crippen LogP contribution < -0.4 is 0 Å². The second-order valence-electron chi connectivity index (χ2n) is 7.65. The van der Waals surface area contributed by atoms with Crippen molar-refractivity contribution in [2.24, 2.45) is 4.99 Å². The van der Waals surface area contributed by atoms with Crippen LogP contribution in [0.5, 0.6) is 0 Å². The van der Waals surface area contributed by atoms with Crippen molar-refractivity contribution in [2.75, 3.05) is 0 Å². The Labute approximate surface area is 150 Å². The zero-order chi connectivity index (χ0) is 17.6. The quantitative estimate of drug-likeness (QED) is 0.503. The van der Waals surface area contributed by atoms with Crippen LogP contribution in [-0.4, -0.2) is 5.71 Å². The van der Waals surface area contributed by atoms with Crippen molar-refractivity contribution in [1.82, 2.24) is 0 Å². The summed E-state index contributed by atoms with van der Waals surface area (Å²) in [7, 11) is 0. The van der Waals surface area contributed by atoms with Crippen molar-refractivity contribution in [2.45, 2.75) is 46.0 Å². The Morgan fingerprint density at radius 3 is 2.24 bits per heavy atom. The van der Waals surface area contributed by atoms with Gasteiger partial charge < -0.3 is 0 Å². The third-order valence-corrected chi connectivity index (χ3v) is 5.23. The average Bonchev–Trinajstić information content (AvgIpc) is 2.94. The zero-order valence-electron chi connectivity index (χ0n) is 15.5. The summed E-state index contributed by atoms with van der Waals surface area (Å²) in [4.78, 5) is 5.18. The van der Waals surface area contributed by atoms with Gasteiger partial charge in [0, 0.05) is 12.0 Å². The Bertz CT molecular complexity index is 971. The standard InChI is InChI=1S/C24H25N/c1-15(2)19-11-7-13-21(23(19)16(3)4)25-22-14-18-10-5-8-17-9-6-12-20(22)24(17)18/h5-13,15-16H,14H2,1-4H3. The molecule has 0 spiro atoms. The molecule has 0 amide bonds. The molecule has 0 aromatic heterocycles. The highest BCUT2D eigenvalue weighted by atomic mass is 14.8. The predicted octanol–water partition coefficient (Wildman–Crippen LogP) is 6.76. The molecular weight excluding hydrogens is 302 g/mol. The smallest absolute Gasteiger partial charge is 0.0670 e. The summed E-state index contributed by atoms with van der Waals surface area (Å²) in [5.74, 6) is 0.985. The molecule has 0 unspecified atom stereocenters. The number of nitrogens with zero attached hydrogens (tertiary/aromatic N) is 1. The molecule has 0 heterocycles. The van der Waals surface area contributed by atoms with Crippen LogP contribution in [0.15, 0.2) is 59.6 Å². The molecule has 0 bridgehead atoms. The van der Waals surface area contributed by atoms with Crippen LogP contribution in [0.25, 0.3) is 10.8 Å². The summed E-state index contributed by atoms with van der Waals surface area (Å²) in [5, 5.41) is 2.70. The minimum Gasteiger partial charge on any atom is -0.252 e. The molecule has 1 aliphatic rings. The lowest BCUT2D eigenvalue weighted by Crippen LogP contribution is -2.02. The van der Waals surface area contributed by atoms with Gasteiger partial charge in [-0.05, 0) is 45.4 Å². The van der Waals surface area contributed by atoms with E-state index in [0.29, 0.717) is 11.8 Å². The molecule has 0 fully saturated rings. The highest BCUT2D eigenvalue weighted by Gasteiger charge is 2.21. The fourth-order valence-electron chi connectivity index (χ4n) is 4.13. The molecule has 0 radical (unpaired) electrons. The highest BCUT2D eigenvalue weighted by Crippen LogP contribution is 2.37. The molecule has 0 N–H and O–H groups in total. The van der Waals surface area contributed by atoms with Gasteiger partial charge in [-0.25, -0.2) is 0 Å². The molecule has 0 saturated heterocycles. The molecule has 126 valence electrons. The van der Waals surface area contributed by atoms with Gasteiger partial charge in [0.15, 0.2) is 0 Å². The van der Waals surface area contributed by atoms with Gasteiger partial charge in [-0.15, -0.1) is 0 Å². The molecule has 4 rings (SSSR count). The lowest BCUT2D eigenvalue weighted by atomic mass is 9.89. The lowest BCUT2D eigenvalue weighted by molar-refractivity contribution is 0.791. The minimum atomic E-state index is 0.470. The summed E-state index contributed by atoms with van der Waals surface area (Å²) in [6.07, 6.45) is 0.931. The molecule has 0 aliphatic heterocycles. The van der Waals surface area contributed by atoms with Gasteiger partial charge in [-0.1, -0.05) is 76.2 Å². The first kappa shape index (κ1) is 16.1. The Kier molecular flexibility index (Phi) is 3.95. The van der Waals surface area contributed by atoms with E-state index in [1.54, 1.807) is 0 Å². The average molecular weight is 327 g/mol. The van der Waals surface area contributed by atoms with E-state index < -0.39 is 0 Å². The van der Waals surface area contributed by atoms with Gasteiger partial charge in [0.25, 0.3) is 0 Å². The highest BCUT2D eigenvalue weighted by molar-refractivity contribution is 6.18. The summed E-state index contributed by atoms with van der Waals surface area (Å²) in [6, 6.07) is 19.8. The van der Waals surface area contributed by atoms with Crippen molar-refractivity contribution in [3.05, 3.63) is 76.9 Å². The molecular formula is C24H25N. The molecule has 3 aromatic rings. The molecule has 3 aromatic carbocycles. The van der Waals surface area contributed by atoms with E-state index in [1.807, 2.05) is 0 Å². The van der Waals surface area contributed by atoms with Crippen LogP contribution in [0, 0.1) is 0 Å². The van der Waals surface area contributed by atoms with Gasteiger partial charge in [0.2, 0.25) is 0 Å². The topological polar surface area (TPSA) is 12.4 Å². The van der Waals surface area contributed by atoms with Gasteiger partial charge in [-0.3, -0.25) is 4.99 Å². The summed E-state index contributed by atoms with van der Waals surface area (Å²) in [5.41, 5.74) is 7.87. The van der Waals surface area contributed by atoms with Gasteiger partial charge in [-0.2, -0.15) is 0 Å². The van der Waals surface area contributed by atoms with Crippen molar-refractivity contribution in [3.63, 3.8) is 0 Å². The third kappa shape index (κ3) is 2.68. The summed E-state index contributed by atoms with van der Waals surface area (Å²) >= 11 is 0. The van der Waals surface area contributed by atoms with Crippen LogP contribution in [0.4, 0.5) is 5.69 Å². The number of aliphatic imine (C=N–C) groups is 1. The minimum absolute atomic E-state index is 0.470. The fraction of sp³-hybridized carbons (Fsp3) is 0.292. The van der Waals surface area contributed by atoms with Crippen molar-refractivity contribution in [3.8, 4) is 0 Å². The monoisotopic (exact) mass is 327 g/mol. The normalized spacial score (nSPS) is 15.0. The van der Waals surface area contributed by atoms with Crippen molar-refractivity contribution >= 4 is 22.2 Å². The van der Waals surface area contributed by atoms with E-state index >= 15 is 0 Å². The Morgan fingerprint density at radius 2 is 1.52 bits per heavy atom. The summed E-state index contributed by atoms with van der Waals surface area (Å²) in [6.45, 7) is 9.08. The van der Waals surface area contributed by atoms with Crippen LogP contribution in [0.1, 0.15) is 61.8 Å². The van der Waals surface area contributed by atoms with E-state index in [4.69, 9.17) is 4.99 Å². The Hall–Kier alpha value is -2.41.